The maximum absolute atomic E-state index is 12.5. The standard InChI is InChI=1S/C16H19N3O3/c17-5-1-2-6-18-7-9-19(10-8-18)16(20)13-3-4-14-15(11-13)22-12-21-14/h3-4,11H,1-2,6-10,12H2. The minimum Gasteiger partial charge on any atom is -0.454 e. The molecule has 0 aromatic heterocycles. The van der Waals surface area contributed by atoms with Crippen molar-refractivity contribution in [2.75, 3.05) is 39.5 Å². The summed E-state index contributed by atoms with van der Waals surface area (Å²) in [4.78, 5) is 16.7. The van der Waals surface area contributed by atoms with E-state index in [2.05, 4.69) is 11.0 Å². The van der Waals surface area contributed by atoms with Crippen LogP contribution < -0.4 is 9.47 Å². The van der Waals surface area contributed by atoms with Gasteiger partial charge in [-0.05, 0) is 31.2 Å². The van der Waals surface area contributed by atoms with Crippen LogP contribution in [0.2, 0.25) is 0 Å². The summed E-state index contributed by atoms with van der Waals surface area (Å²) in [5.41, 5.74) is 0.641. The minimum absolute atomic E-state index is 0.0370. The fourth-order valence-corrected chi connectivity index (χ4v) is 2.77. The zero-order valence-corrected chi connectivity index (χ0v) is 12.5. The molecule has 0 aliphatic carbocycles. The van der Waals surface area contributed by atoms with Gasteiger partial charge in [-0.25, -0.2) is 0 Å². The first kappa shape index (κ1) is 14.7. The molecule has 0 unspecified atom stereocenters. The van der Waals surface area contributed by atoms with Gasteiger partial charge in [0.05, 0.1) is 6.07 Å². The lowest BCUT2D eigenvalue weighted by atomic mass is 10.1. The normalized spacial score (nSPS) is 17.3. The molecule has 6 heteroatoms. The summed E-state index contributed by atoms with van der Waals surface area (Å²) >= 11 is 0. The van der Waals surface area contributed by atoms with Gasteiger partial charge in [-0.1, -0.05) is 0 Å². The van der Waals surface area contributed by atoms with E-state index in [9.17, 15) is 4.79 Å². The van der Waals surface area contributed by atoms with E-state index in [1.807, 2.05) is 4.90 Å². The van der Waals surface area contributed by atoms with Crippen LogP contribution in [-0.2, 0) is 0 Å². The van der Waals surface area contributed by atoms with Gasteiger partial charge >= 0.3 is 0 Å². The maximum atomic E-state index is 12.5. The van der Waals surface area contributed by atoms with E-state index in [1.165, 1.54) is 0 Å². The van der Waals surface area contributed by atoms with Crippen LogP contribution >= 0.6 is 0 Å². The first-order valence-corrected chi connectivity index (χ1v) is 7.56. The molecule has 0 atom stereocenters. The van der Waals surface area contributed by atoms with Crippen molar-refractivity contribution in [2.24, 2.45) is 0 Å². The molecule has 116 valence electrons. The number of hydrogen-bond acceptors (Lipinski definition) is 5. The number of unbranched alkanes of at least 4 members (excludes halogenated alkanes) is 1. The number of piperazine rings is 1. The predicted octanol–water partition coefficient (Wildman–Crippen LogP) is 1.48. The van der Waals surface area contributed by atoms with Crippen molar-refractivity contribution in [3.63, 3.8) is 0 Å². The molecule has 0 spiro atoms. The SMILES string of the molecule is N#CCCCN1CCN(C(=O)c2ccc3c(c2)OCO3)CC1. The number of carbonyl (C=O) groups is 1. The van der Waals surface area contributed by atoms with Crippen LogP contribution in [0.25, 0.3) is 0 Å². The maximum Gasteiger partial charge on any atom is 0.254 e. The zero-order valence-electron chi connectivity index (χ0n) is 12.5. The molecule has 2 aliphatic heterocycles. The molecule has 0 bridgehead atoms. The number of nitriles is 1. The first-order chi connectivity index (χ1) is 10.8. The lowest BCUT2D eigenvalue weighted by molar-refractivity contribution is 0.0636. The van der Waals surface area contributed by atoms with Crippen LogP contribution in [0.5, 0.6) is 11.5 Å². The number of fused-ring (bicyclic) bond motifs is 1. The van der Waals surface area contributed by atoms with Crippen LogP contribution in [-0.4, -0.2) is 55.2 Å². The van der Waals surface area contributed by atoms with Crippen molar-refractivity contribution in [2.45, 2.75) is 12.8 Å². The number of benzene rings is 1. The molecule has 6 nitrogen and oxygen atoms in total. The number of hydrogen-bond donors (Lipinski definition) is 0. The van der Waals surface area contributed by atoms with Gasteiger partial charge in [0, 0.05) is 38.2 Å². The second-order valence-electron chi connectivity index (χ2n) is 5.46. The fourth-order valence-electron chi connectivity index (χ4n) is 2.77. The molecule has 2 aliphatic rings. The third-order valence-corrected chi connectivity index (χ3v) is 4.04. The highest BCUT2D eigenvalue weighted by Gasteiger charge is 2.23. The Morgan fingerprint density at radius 1 is 1.18 bits per heavy atom. The molecule has 1 aromatic rings. The van der Waals surface area contributed by atoms with Gasteiger partial charge in [-0.15, -0.1) is 0 Å². The van der Waals surface area contributed by atoms with E-state index >= 15 is 0 Å². The summed E-state index contributed by atoms with van der Waals surface area (Å²) in [6, 6.07) is 7.49. The van der Waals surface area contributed by atoms with Crippen LogP contribution in [0.4, 0.5) is 0 Å². The quantitative estimate of drug-likeness (QED) is 0.788. The summed E-state index contributed by atoms with van der Waals surface area (Å²) in [6.07, 6.45) is 1.49. The Kier molecular flexibility index (Phi) is 4.45. The first-order valence-electron chi connectivity index (χ1n) is 7.56. The van der Waals surface area contributed by atoms with E-state index in [-0.39, 0.29) is 12.7 Å². The van der Waals surface area contributed by atoms with E-state index in [1.54, 1.807) is 18.2 Å². The number of ether oxygens (including phenoxy) is 2. The smallest absolute Gasteiger partial charge is 0.254 e. The van der Waals surface area contributed by atoms with Gasteiger partial charge in [-0.3, -0.25) is 9.69 Å². The van der Waals surface area contributed by atoms with Crippen molar-refractivity contribution < 1.29 is 14.3 Å². The Morgan fingerprint density at radius 2 is 1.95 bits per heavy atom. The highest BCUT2D eigenvalue weighted by Crippen LogP contribution is 2.32. The average Bonchev–Trinajstić information content (AvgIpc) is 3.02. The monoisotopic (exact) mass is 301 g/mol. The number of nitrogens with zero attached hydrogens (tertiary/aromatic N) is 3. The van der Waals surface area contributed by atoms with E-state index in [0.717, 1.165) is 39.1 Å². The van der Waals surface area contributed by atoms with Crippen molar-refractivity contribution >= 4 is 5.91 Å². The summed E-state index contributed by atoms with van der Waals surface area (Å²) in [5.74, 6) is 1.37. The lowest BCUT2D eigenvalue weighted by Crippen LogP contribution is -2.48. The third kappa shape index (κ3) is 3.15. The van der Waals surface area contributed by atoms with E-state index in [0.29, 0.717) is 23.5 Å². The second-order valence-corrected chi connectivity index (χ2v) is 5.46. The van der Waals surface area contributed by atoms with Gasteiger partial charge in [0.25, 0.3) is 5.91 Å². The summed E-state index contributed by atoms with van der Waals surface area (Å²) < 4.78 is 10.6. The summed E-state index contributed by atoms with van der Waals surface area (Å²) in [7, 11) is 0. The number of amides is 1. The van der Waals surface area contributed by atoms with Crippen LogP contribution in [0, 0.1) is 11.3 Å². The van der Waals surface area contributed by atoms with Gasteiger partial charge in [0.2, 0.25) is 6.79 Å². The van der Waals surface area contributed by atoms with Crippen molar-refractivity contribution in [1.82, 2.24) is 9.80 Å². The molecule has 3 rings (SSSR count). The Bertz CT molecular complexity index is 589. The molecule has 1 aromatic carbocycles. The van der Waals surface area contributed by atoms with Crippen molar-refractivity contribution in [1.29, 1.82) is 5.26 Å². The van der Waals surface area contributed by atoms with Gasteiger partial charge in [0.15, 0.2) is 11.5 Å². The molecule has 1 saturated heterocycles. The highest BCUT2D eigenvalue weighted by molar-refractivity contribution is 5.95. The Hall–Kier alpha value is -2.26. The summed E-state index contributed by atoms with van der Waals surface area (Å²) in [5, 5.41) is 8.56. The molecule has 2 heterocycles. The fraction of sp³-hybridized carbons (Fsp3) is 0.500. The molecule has 0 radical (unpaired) electrons. The summed E-state index contributed by atoms with van der Waals surface area (Å²) in [6.45, 7) is 4.32. The minimum atomic E-state index is 0.0370. The van der Waals surface area contributed by atoms with Gasteiger partial charge in [-0.2, -0.15) is 5.26 Å². The molecule has 0 saturated carbocycles. The number of carbonyl (C=O) groups excluding carboxylic acids is 1. The van der Waals surface area contributed by atoms with E-state index < -0.39 is 0 Å². The van der Waals surface area contributed by atoms with Crippen molar-refractivity contribution in [3.05, 3.63) is 23.8 Å². The third-order valence-electron chi connectivity index (χ3n) is 4.04. The van der Waals surface area contributed by atoms with Gasteiger partial charge < -0.3 is 14.4 Å². The molecule has 22 heavy (non-hydrogen) atoms. The molecular formula is C16H19N3O3. The van der Waals surface area contributed by atoms with Crippen LogP contribution in [0.1, 0.15) is 23.2 Å². The van der Waals surface area contributed by atoms with Crippen LogP contribution in [0.15, 0.2) is 18.2 Å². The predicted molar refractivity (Wildman–Crippen MR) is 79.8 cm³/mol. The van der Waals surface area contributed by atoms with Crippen molar-refractivity contribution in [3.8, 4) is 17.6 Å². The van der Waals surface area contributed by atoms with E-state index in [4.69, 9.17) is 14.7 Å². The number of rotatable bonds is 4. The topological polar surface area (TPSA) is 65.8 Å². The second kappa shape index (κ2) is 6.67. The zero-order chi connectivity index (χ0) is 15.4. The molecular weight excluding hydrogens is 282 g/mol. The van der Waals surface area contributed by atoms with Crippen LogP contribution in [0.3, 0.4) is 0 Å². The average molecular weight is 301 g/mol. The van der Waals surface area contributed by atoms with Gasteiger partial charge in [0.1, 0.15) is 0 Å². The Labute approximate surface area is 129 Å². The molecule has 0 N–H and O–H groups in total. The largest absolute Gasteiger partial charge is 0.454 e. The molecule has 1 amide bonds. The molecule has 1 fully saturated rings. The Balaban J connectivity index is 1.55. The lowest BCUT2D eigenvalue weighted by Gasteiger charge is -2.34. The Morgan fingerprint density at radius 3 is 2.73 bits per heavy atom. The highest BCUT2D eigenvalue weighted by atomic mass is 16.7.